The lowest BCUT2D eigenvalue weighted by Gasteiger charge is -2.11. The van der Waals surface area contributed by atoms with E-state index in [1.807, 2.05) is 43.3 Å². The van der Waals surface area contributed by atoms with Crippen LogP contribution in [0.2, 0.25) is 0 Å². The highest BCUT2D eigenvalue weighted by Gasteiger charge is 2.11. The molecule has 2 aromatic carbocycles. The summed E-state index contributed by atoms with van der Waals surface area (Å²) in [6, 6.07) is 13.6. The Morgan fingerprint density at radius 1 is 1.15 bits per heavy atom. The molecule has 0 spiro atoms. The van der Waals surface area contributed by atoms with Crippen LogP contribution < -0.4 is 5.32 Å². The van der Waals surface area contributed by atoms with Crippen LogP contribution in [0.25, 0.3) is 0 Å². The van der Waals surface area contributed by atoms with Crippen molar-refractivity contribution in [1.82, 2.24) is 0 Å². The van der Waals surface area contributed by atoms with Crippen LogP contribution in [-0.2, 0) is 0 Å². The van der Waals surface area contributed by atoms with Crippen LogP contribution in [0.15, 0.2) is 46.9 Å². The molecule has 0 bridgehead atoms. The molecule has 3 heteroatoms. The molecule has 104 valence electrons. The van der Waals surface area contributed by atoms with Gasteiger partial charge in [0.25, 0.3) is 5.91 Å². The Balaban J connectivity index is 2.24. The SMILES string of the molecule is Cc1c(Br)cccc1C(=O)Nc1cccc(C(C)C)c1. The number of nitrogens with one attached hydrogen (secondary N) is 1. The Hall–Kier alpha value is -1.61. The van der Waals surface area contributed by atoms with E-state index in [1.165, 1.54) is 5.56 Å². The largest absolute Gasteiger partial charge is 0.322 e. The first-order valence-corrected chi connectivity index (χ1v) is 7.44. The number of anilines is 1. The number of hydrogen-bond donors (Lipinski definition) is 1. The second kappa shape index (κ2) is 6.23. The van der Waals surface area contributed by atoms with Gasteiger partial charge in [0.05, 0.1) is 0 Å². The molecule has 2 nitrogen and oxygen atoms in total. The molecule has 20 heavy (non-hydrogen) atoms. The van der Waals surface area contributed by atoms with E-state index in [0.29, 0.717) is 11.5 Å². The molecule has 2 rings (SSSR count). The van der Waals surface area contributed by atoms with Gasteiger partial charge in [-0.15, -0.1) is 0 Å². The van der Waals surface area contributed by atoms with E-state index in [1.54, 1.807) is 0 Å². The highest BCUT2D eigenvalue weighted by molar-refractivity contribution is 9.10. The molecule has 2 aromatic rings. The van der Waals surface area contributed by atoms with E-state index in [2.05, 4.69) is 41.2 Å². The monoisotopic (exact) mass is 331 g/mol. The molecule has 0 saturated heterocycles. The van der Waals surface area contributed by atoms with Gasteiger partial charge in [-0.2, -0.15) is 0 Å². The van der Waals surface area contributed by atoms with Gasteiger partial charge in [0.1, 0.15) is 0 Å². The van der Waals surface area contributed by atoms with Crippen molar-refractivity contribution in [3.63, 3.8) is 0 Å². The molecular weight excluding hydrogens is 314 g/mol. The fraction of sp³-hybridized carbons (Fsp3) is 0.235. The van der Waals surface area contributed by atoms with Gasteiger partial charge >= 0.3 is 0 Å². The lowest BCUT2D eigenvalue weighted by Crippen LogP contribution is -2.13. The number of halogens is 1. The first-order valence-electron chi connectivity index (χ1n) is 6.65. The lowest BCUT2D eigenvalue weighted by molar-refractivity contribution is 0.102. The zero-order chi connectivity index (χ0) is 14.7. The predicted octanol–water partition coefficient (Wildman–Crippen LogP) is 5.13. The molecule has 0 radical (unpaired) electrons. The third kappa shape index (κ3) is 3.28. The minimum Gasteiger partial charge on any atom is -0.322 e. The van der Waals surface area contributed by atoms with Gasteiger partial charge in [-0.05, 0) is 48.2 Å². The first-order chi connectivity index (χ1) is 9.49. The average molecular weight is 332 g/mol. The summed E-state index contributed by atoms with van der Waals surface area (Å²) in [4.78, 5) is 12.3. The van der Waals surface area contributed by atoms with E-state index in [9.17, 15) is 4.79 Å². The van der Waals surface area contributed by atoms with Gasteiger partial charge in [-0.25, -0.2) is 0 Å². The van der Waals surface area contributed by atoms with Crippen molar-refractivity contribution in [2.75, 3.05) is 5.32 Å². The van der Waals surface area contributed by atoms with Gasteiger partial charge in [0, 0.05) is 15.7 Å². The predicted molar refractivity (Wildman–Crippen MR) is 87.4 cm³/mol. The molecule has 0 fully saturated rings. The van der Waals surface area contributed by atoms with Crippen molar-refractivity contribution in [1.29, 1.82) is 0 Å². The topological polar surface area (TPSA) is 29.1 Å². The number of carbonyl (C=O) groups excluding carboxylic acids is 1. The molecule has 0 aliphatic carbocycles. The van der Waals surface area contributed by atoms with Crippen molar-refractivity contribution in [3.05, 3.63) is 63.6 Å². The number of amides is 1. The van der Waals surface area contributed by atoms with Crippen LogP contribution in [0.1, 0.15) is 41.3 Å². The van der Waals surface area contributed by atoms with Crippen LogP contribution in [0.4, 0.5) is 5.69 Å². The minimum atomic E-state index is -0.0790. The Morgan fingerprint density at radius 3 is 2.55 bits per heavy atom. The quantitative estimate of drug-likeness (QED) is 0.829. The molecule has 0 atom stereocenters. The third-order valence-electron chi connectivity index (χ3n) is 3.32. The maximum Gasteiger partial charge on any atom is 0.255 e. The van der Waals surface area contributed by atoms with E-state index in [-0.39, 0.29) is 5.91 Å². The van der Waals surface area contributed by atoms with E-state index >= 15 is 0 Å². The van der Waals surface area contributed by atoms with Crippen molar-refractivity contribution >= 4 is 27.5 Å². The first kappa shape index (κ1) is 14.8. The standard InChI is InChI=1S/C17H18BrNO/c1-11(2)13-6-4-7-14(10-13)19-17(20)15-8-5-9-16(18)12(15)3/h4-11H,1-3H3,(H,19,20). The molecule has 1 N–H and O–H groups in total. The summed E-state index contributed by atoms with van der Waals surface area (Å²) in [6.07, 6.45) is 0. The van der Waals surface area contributed by atoms with Crippen LogP contribution >= 0.6 is 15.9 Å². The zero-order valence-electron chi connectivity index (χ0n) is 11.9. The molecule has 0 unspecified atom stereocenters. The number of hydrogen-bond acceptors (Lipinski definition) is 1. The van der Waals surface area contributed by atoms with Gasteiger partial charge in [-0.3, -0.25) is 4.79 Å². The lowest BCUT2D eigenvalue weighted by atomic mass is 10.0. The summed E-state index contributed by atoms with van der Waals surface area (Å²) in [6.45, 7) is 6.21. The third-order valence-corrected chi connectivity index (χ3v) is 4.18. The number of rotatable bonds is 3. The molecule has 0 aliphatic rings. The molecule has 1 amide bonds. The van der Waals surface area contributed by atoms with Crippen LogP contribution in [-0.4, -0.2) is 5.91 Å². The normalized spacial score (nSPS) is 10.7. The second-order valence-electron chi connectivity index (χ2n) is 5.15. The Bertz CT molecular complexity index is 635. The van der Waals surface area contributed by atoms with Crippen LogP contribution in [0.3, 0.4) is 0 Å². The van der Waals surface area contributed by atoms with Crippen molar-refractivity contribution in [2.24, 2.45) is 0 Å². The maximum absolute atomic E-state index is 12.3. The summed E-state index contributed by atoms with van der Waals surface area (Å²) < 4.78 is 0.945. The Labute approximate surface area is 128 Å². The van der Waals surface area contributed by atoms with Gasteiger partial charge in [0.2, 0.25) is 0 Å². The fourth-order valence-corrected chi connectivity index (χ4v) is 2.39. The maximum atomic E-state index is 12.3. The number of benzene rings is 2. The van der Waals surface area contributed by atoms with Gasteiger partial charge in [0.15, 0.2) is 0 Å². The van der Waals surface area contributed by atoms with E-state index in [0.717, 1.165) is 15.7 Å². The fourth-order valence-electron chi connectivity index (χ4n) is 2.03. The highest BCUT2D eigenvalue weighted by Crippen LogP contribution is 2.22. The summed E-state index contributed by atoms with van der Waals surface area (Å²) in [7, 11) is 0. The second-order valence-corrected chi connectivity index (χ2v) is 6.00. The average Bonchev–Trinajstić information content (AvgIpc) is 2.42. The van der Waals surface area contributed by atoms with Gasteiger partial charge < -0.3 is 5.32 Å². The van der Waals surface area contributed by atoms with Crippen LogP contribution in [0.5, 0.6) is 0 Å². The summed E-state index contributed by atoms with van der Waals surface area (Å²) in [5, 5.41) is 2.96. The zero-order valence-corrected chi connectivity index (χ0v) is 13.5. The summed E-state index contributed by atoms with van der Waals surface area (Å²) in [5.74, 6) is 0.365. The Kier molecular flexibility index (Phi) is 4.61. The van der Waals surface area contributed by atoms with E-state index in [4.69, 9.17) is 0 Å². The smallest absolute Gasteiger partial charge is 0.255 e. The summed E-state index contributed by atoms with van der Waals surface area (Å²) >= 11 is 3.45. The molecular formula is C17H18BrNO. The highest BCUT2D eigenvalue weighted by atomic mass is 79.9. The molecule has 0 aromatic heterocycles. The van der Waals surface area contributed by atoms with Crippen molar-refractivity contribution < 1.29 is 4.79 Å². The molecule has 0 aliphatic heterocycles. The van der Waals surface area contributed by atoms with Crippen molar-refractivity contribution in [3.8, 4) is 0 Å². The minimum absolute atomic E-state index is 0.0790. The van der Waals surface area contributed by atoms with Crippen LogP contribution in [0, 0.1) is 6.92 Å². The van der Waals surface area contributed by atoms with Crippen molar-refractivity contribution in [2.45, 2.75) is 26.7 Å². The summed E-state index contributed by atoms with van der Waals surface area (Å²) in [5.41, 5.74) is 3.69. The molecule has 0 saturated carbocycles. The Morgan fingerprint density at radius 2 is 1.85 bits per heavy atom. The molecule has 0 heterocycles. The van der Waals surface area contributed by atoms with E-state index < -0.39 is 0 Å². The number of carbonyl (C=O) groups is 1. The van der Waals surface area contributed by atoms with Gasteiger partial charge in [-0.1, -0.05) is 48.0 Å².